The fourth-order valence-electron chi connectivity index (χ4n) is 2.85. The Kier molecular flexibility index (Phi) is 6.58. The van der Waals surface area contributed by atoms with Gasteiger partial charge in [0, 0.05) is 6.04 Å². The van der Waals surface area contributed by atoms with Gasteiger partial charge in [0.05, 0.1) is 6.61 Å². The highest BCUT2D eigenvalue weighted by Crippen LogP contribution is 2.23. The summed E-state index contributed by atoms with van der Waals surface area (Å²) in [6.07, 6.45) is 7.38. The van der Waals surface area contributed by atoms with E-state index in [1.807, 2.05) is 6.07 Å². The van der Waals surface area contributed by atoms with E-state index < -0.39 is 0 Å². The number of alkyl carbamates (subject to hydrolysis) is 1. The van der Waals surface area contributed by atoms with Crippen molar-refractivity contribution in [2.24, 2.45) is 5.92 Å². The highest BCUT2D eigenvalue weighted by Gasteiger charge is 2.19. The van der Waals surface area contributed by atoms with Crippen molar-refractivity contribution in [2.75, 3.05) is 6.61 Å². The van der Waals surface area contributed by atoms with Crippen LogP contribution < -0.4 is 5.32 Å². The smallest absolute Gasteiger partial charge is 0.407 e. The summed E-state index contributed by atoms with van der Waals surface area (Å²) in [4.78, 5) is 11.7. The summed E-state index contributed by atoms with van der Waals surface area (Å²) in [6, 6.07) is 10.7. The van der Waals surface area contributed by atoms with E-state index in [4.69, 9.17) is 4.74 Å². The summed E-state index contributed by atoms with van der Waals surface area (Å²) >= 11 is 0. The summed E-state index contributed by atoms with van der Waals surface area (Å²) in [5.74, 6) is 0.803. The average molecular weight is 289 g/mol. The van der Waals surface area contributed by atoms with E-state index in [-0.39, 0.29) is 6.09 Å². The van der Waals surface area contributed by atoms with Crippen molar-refractivity contribution in [1.82, 2.24) is 5.32 Å². The van der Waals surface area contributed by atoms with Crippen LogP contribution in [0.1, 0.15) is 51.0 Å². The molecule has 0 spiro atoms. The molecule has 1 aliphatic rings. The Morgan fingerprint density at radius 1 is 1.14 bits per heavy atom. The third-order valence-electron chi connectivity index (χ3n) is 4.27. The lowest BCUT2D eigenvalue weighted by molar-refractivity contribution is 0.136. The molecule has 1 amide bonds. The van der Waals surface area contributed by atoms with Crippen LogP contribution in [0.4, 0.5) is 4.79 Å². The molecule has 0 aromatic heterocycles. The highest BCUT2D eigenvalue weighted by molar-refractivity contribution is 5.67. The maximum atomic E-state index is 11.7. The van der Waals surface area contributed by atoms with Crippen LogP contribution >= 0.6 is 0 Å². The molecule has 0 bridgehead atoms. The molecule has 0 unspecified atom stereocenters. The van der Waals surface area contributed by atoms with Crippen LogP contribution in [0.15, 0.2) is 30.3 Å². The van der Waals surface area contributed by atoms with Gasteiger partial charge in [-0.15, -0.1) is 0 Å². The number of hydrogen-bond donors (Lipinski definition) is 1. The average Bonchev–Trinajstić information content (AvgIpc) is 2.50. The lowest BCUT2D eigenvalue weighted by Gasteiger charge is -2.26. The minimum atomic E-state index is -0.241. The number of benzene rings is 1. The summed E-state index contributed by atoms with van der Waals surface area (Å²) in [5, 5.41) is 2.99. The first-order chi connectivity index (χ1) is 10.2. The second-order valence-corrected chi connectivity index (χ2v) is 6.18. The summed E-state index contributed by atoms with van der Waals surface area (Å²) in [6.45, 7) is 2.79. The molecular formula is C18H27NO2. The Hall–Kier alpha value is -1.51. The highest BCUT2D eigenvalue weighted by atomic mass is 16.5. The van der Waals surface area contributed by atoms with Gasteiger partial charge < -0.3 is 10.1 Å². The van der Waals surface area contributed by atoms with Crippen molar-refractivity contribution in [3.63, 3.8) is 0 Å². The molecule has 0 heterocycles. The SMILES string of the molecule is CC1CCC(NC(=O)OCCCCc2ccccc2)CC1. The van der Waals surface area contributed by atoms with Crippen molar-refractivity contribution in [2.45, 2.75) is 57.9 Å². The lowest BCUT2D eigenvalue weighted by Crippen LogP contribution is -2.37. The molecule has 1 aromatic carbocycles. The number of nitrogens with one attached hydrogen (secondary N) is 1. The zero-order chi connectivity index (χ0) is 14.9. The van der Waals surface area contributed by atoms with Crippen molar-refractivity contribution >= 4 is 6.09 Å². The van der Waals surface area contributed by atoms with E-state index in [0.717, 1.165) is 38.0 Å². The molecule has 3 heteroatoms. The van der Waals surface area contributed by atoms with Gasteiger partial charge in [-0.25, -0.2) is 4.79 Å². The standard InChI is InChI=1S/C18H27NO2/c1-15-10-12-17(13-11-15)19-18(20)21-14-6-5-9-16-7-3-2-4-8-16/h2-4,7-8,15,17H,5-6,9-14H2,1H3,(H,19,20). The molecule has 2 rings (SSSR count). The normalized spacial score (nSPS) is 21.8. The van der Waals surface area contributed by atoms with Gasteiger partial charge in [-0.05, 0) is 56.4 Å². The fourth-order valence-corrected chi connectivity index (χ4v) is 2.85. The van der Waals surface area contributed by atoms with E-state index in [1.54, 1.807) is 0 Å². The summed E-state index contributed by atoms with van der Waals surface area (Å²) in [5.41, 5.74) is 1.35. The Bertz CT molecular complexity index is 410. The lowest BCUT2D eigenvalue weighted by atomic mass is 9.87. The number of ether oxygens (including phenoxy) is 1. The van der Waals surface area contributed by atoms with E-state index in [2.05, 4.69) is 36.5 Å². The number of amides is 1. The van der Waals surface area contributed by atoms with Gasteiger partial charge >= 0.3 is 6.09 Å². The topological polar surface area (TPSA) is 38.3 Å². The monoisotopic (exact) mass is 289 g/mol. The molecule has 0 radical (unpaired) electrons. The van der Waals surface area contributed by atoms with Gasteiger partial charge in [0.2, 0.25) is 0 Å². The molecule has 1 saturated carbocycles. The molecule has 0 atom stereocenters. The molecule has 1 aliphatic carbocycles. The van der Waals surface area contributed by atoms with Crippen LogP contribution in [0.5, 0.6) is 0 Å². The third-order valence-corrected chi connectivity index (χ3v) is 4.27. The molecule has 3 nitrogen and oxygen atoms in total. The number of carbonyl (C=O) groups is 1. The zero-order valence-electron chi connectivity index (χ0n) is 13.0. The summed E-state index contributed by atoms with van der Waals surface area (Å²) < 4.78 is 5.26. The van der Waals surface area contributed by atoms with E-state index in [0.29, 0.717) is 12.6 Å². The second-order valence-electron chi connectivity index (χ2n) is 6.18. The summed E-state index contributed by atoms with van der Waals surface area (Å²) in [7, 11) is 0. The first kappa shape index (κ1) is 15.9. The molecular weight excluding hydrogens is 262 g/mol. The number of unbranched alkanes of at least 4 members (excludes halogenated alkanes) is 1. The zero-order valence-corrected chi connectivity index (χ0v) is 13.0. The minimum Gasteiger partial charge on any atom is -0.450 e. The molecule has 21 heavy (non-hydrogen) atoms. The predicted molar refractivity (Wildman–Crippen MR) is 85.3 cm³/mol. The number of hydrogen-bond acceptors (Lipinski definition) is 2. The second kappa shape index (κ2) is 8.71. The first-order valence-electron chi connectivity index (χ1n) is 8.21. The molecule has 1 fully saturated rings. The van der Waals surface area contributed by atoms with E-state index >= 15 is 0 Å². The number of rotatable bonds is 6. The Balaban J connectivity index is 1.51. The van der Waals surface area contributed by atoms with Gasteiger partial charge in [0.15, 0.2) is 0 Å². The maximum absolute atomic E-state index is 11.7. The van der Waals surface area contributed by atoms with Crippen molar-refractivity contribution in [3.05, 3.63) is 35.9 Å². The molecule has 0 aliphatic heterocycles. The molecule has 1 aromatic rings. The van der Waals surface area contributed by atoms with Gasteiger partial charge in [-0.2, -0.15) is 0 Å². The van der Waals surface area contributed by atoms with Crippen molar-refractivity contribution in [1.29, 1.82) is 0 Å². The van der Waals surface area contributed by atoms with Gasteiger partial charge in [-0.1, -0.05) is 37.3 Å². The van der Waals surface area contributed by atoms with Crippen LogP contribution in [0.25, 0.3) is 0 Å². The van der Waals surface area contributed by atoms with Gasteiger partial charge in [0.1, 0.15) is 0 Å². The minimum absolute atomic E-state index is 0.241. The molecule has 0 saturated heterocycles. The van der Waals surface area contributed by atoms with Crippen LogP contribution in [-0.2, 0) is 11.2 Å². The number of aryl methyl sites for hydroxylation is 1. The van der Waals surface area contributed by atoms with Crippen molar-refractivity contribution in [3.8, 4) is 0 Å². The van der Waals surface area contributed by atoms with Crippen molar-refractivity contribution < 1.29 is 9.53 Å². The van der Waals surface area contributed by atoms with Crippen LogP contribution in [0, 0.1) is 5.92 Å². The van der Waals surface area contributed by atoms with E-state index in [9.17, 15) is 4.79 Å². The third kappa shape index (κ3) is 6.19. The Morgan fingerprint density at radius 3 is 2.57 bits per heavy atom. The Morgan fingerprint density at radius 2 is 1.86 bits per heavy atom. The molecule has 1 N–H and O–H groups in total. The maximum Gasteiger partial charge on any atom is 0.407 e. The predicted octanol–water partition coefficient (Wildman–Crippen LogP) is 4.31. The van der Waals surface area contributed by atoms with E-state index in [1.165, 1.54) is 18.4 Å². The Labute approximate surface area is 128 Å². The fraction of sp³-hybridized carbons (Fsp3) is 0.611. The van der Waals surface area contributed by atoms with Gasteiger partial charge in [-0.3, -0.25) is 0 Å². The molecule has 116 valence electrons. The van der Waals surface area contributed by atoms with Crippen LogP contribution in [0.3, 0.4) is 0 Å². The first-order valence-corrected chi connectivity index (χ1v) is 8.21. The largest absolute Gasteiger partial charge is 0.450 e. The number of carbonyl (C=O) groups excluding carboxylic acids is 1. The quantitative estimate of drug-likeness (QED) is 0.792. The van der Waals surface area contributed by atoms with Crippen LogP contribution in [-0.4, -0.2) is 18.7 Å². The van der Waals surface area contributed by atoms with Crippen LogP contribution in [0.2, 0.25) is 0 Å². The van der Waals surface area contributed by atoms with Gasteiger partial charge in [0.25, 0.3) is 0 Å².